The molecule has 1 aliphatic rings. The Labute approximate surface area is 154 Å². The molecule has 1 amide bonds. The van der Waals surface area contributed by atoms with Gasteiger partial charge in [-0.1, -0.05) is 0 Å². The molecule has 4 rings (SSSR count). The van der Waals surface area contributed by atoms with E-state index in [2.05, 4.69) is 20.3 Å². The SMILES string of the molecule is Cn1ncc2c(=O)n(CC(=O)Nc3cc(F)cc(N4CCCC4)c3)cnc21. The van der Waals surface area contributed by atoms with Crippen LogP contribution in [0.25, 0.3) is 11.0 Å². The summed E-state index contributed by atoms with van der Waals surface area (Å²) in [7, 11) is 1.69. The number of benzene rings is 1. The molecule has 0 atom stereocenters. The molecule has 2 aromatic heterocycles. The minimum absolute atomic E-state index is 0.216. The van der Waals surface area contributed by atoms with Crippen LogP contribution >= 0.6 is 0 Å². The van der Waals surface area contributed by atoms with Crippen LogP contribution in [0.15, 0.2) is 35.5 Å². The van der Waals surface area contributed by atoms with E-state index in [1.807, 2.05) is 0 Å². The molecule has 1 fully saturated rings. The van der Waals surface area contributed by atoms with E-state index < -0.39 is 11.7 Å². The highest BCUT2D eigenvalue weighted by atomic mass is 19.1. The second-order valence-electron chi connectivity index (χ2n) is 6.62. The number of halogens is 1. The van der Waals surface area contributed by atoms with Gasteiger partial charge in [0.05, 0.1) is 6.20 Å². The van der Waals surface area contributed by atoms with Crippen molar-refractivity contribution in [2.45, 2.75) is 19.4 Å². The number of hydrogen-bond acceptors (Lipinski definition) is 5. The van der Waals surface area contributed by atoms with Crippen molar-refractivity contribution in [3.05, 3.63) is 46.9 Å². The van der Waals surface area contributed by atoms with Gasteiger partial charge in [0, 0.05) is 31.5 Å². The first-order valence-corrected chi connectivity index (χ1v) is 8.74. The average Bonchev–Trinajstić information content (AvgIpc) is 3.27. The fourth-order valence-electron chi connectivity index (χ4n) is 3.34. The smallest absolute Gasteiger partial charge is 0.264 e. The average molecular weight is 370 g/mol. The molecule has 0 saturated carbocycles. The predicted octanol–water partition coefficient (Wildman–Crippen LogP) is 1.51. The van der Waals surface area contributed by atoms with Gasteiger partial charge < -0.3 is 10.2 Å². The predicted molar refractivity (Wildman–Crippen MR) is 99.2 cm³/mol. The lowest BCUT2D eigenvalue weighted by Crippen LogP contribution is -2.28. The summed E-state index contributed by atoms with van der Waals surface area (Å²) in [5, 5.41) is 7.00. The van der Waals surface area contributed by atoms with E-state index in [-0.39, 0.29) is 12.1 Å². The van der Waals surface area contributed by atoms with Crippen LogP contribution in [0.1, 0.15) is 12.8 Å². The first kappa shape index (κ1) is 17.2. The van der Waals surface area contributed by atoms with Gasteiger partial charge >= 0.3 is 0 Å². The summed E-state index contributed by atoms with van der Waals surface area (Å²) < 4.78 is 16.6. The lowest BCUT2D eigenvalue weighted by molar-refractivity contribution is -0.116. The van der Waals surface area contributed by atoms with Crippen LogP contribution in [0, 0.1) is 5.82 Å². The molecule has 1 aromatic carbocycles. The molecule has 8 nitrogen and oxygen atoms in total. The van der Waals surface area contributed by atoms with Gasteiger partial charge in [-0.3, -0.25) is 18.8 Å². The van der Waals surface area contributed by atoms with Gasteiger partial charge in [-0.15, -0.1) is 0 Å². The molecule has 1 N–H and O–H groups in total. The maximum absolute atomic E-state index is 13.9. The highest BCUT2D eigenvalue weighted by Crippen LogP contribution is 2.25. The summed E-state index contributed by atoms with van der Waals surface area (Å²) in [4.78, 5) is 31.0. The van der Waals surface area contributed by atoms with Crippen molar-refractivity contribution < 1.29 is 9.18 Å². The number of anilines is 2. The number of carbonyl (C=O) groups excluding carboxylic acids is 1. The van der Waals surface area contributed by atoms with Gasteiger partial charge in [0.2, 0.25) is 5.91 Å². The van der Waals surface area contributed by atoms with Crippen molar-refractivity contribution in [1.29, 1.82) is 0 Å². The molecule has 0 aliphatic carbocycles. The largest absolute Gasteiger partial charge is 0.371 e. The third kappa shape index (κ3) is 3.40. The molecule has 0 bridgehead atoms. The summed E-state index contributed by atoms with van der Waals surface area (Å²) in [6.45, 7) is 1.54. The van der Waals surface area contributed by atoms with E-state index in [0.717, 1.165) is 31.6 Å². The van der Waals surface area contributed by atoms with Gasteiger partial charge in [-0.05, 0) is 31.0 Å². The van der Waals surface area contributed by atoms with Gasteiger partial charge in [-0.2, -0.15) is 5.10 Å². The van der Waals surface area contributed by atoms with Crippen molar-refractivity contribution in [2.75, 3.05) is 23.3 Å². The van der Waals surface area contributed by atoms with E-state index in [0.29, 0.717) is 16.7 Å². The maximum Gasteiger partial charge on any atom is 0.264 e. The molecule has 0 unspecified atom stereocenters. The molecule has 1 saturated heterocycles. The molecular formula is C18H19FN6O2. The maximum atomic E-state index is 13.9. The van der Waals surface area contributed by atoms with Crippen LogP contribution in [-0.4, -0.2) is 38.3 Å². The topological polar surface area (TPSA) is 85.0 Å². The third-order valence-electron chi connectivity index (χ3n) is 4.67. The molecule has 3 aromatic rings. The van der Waals surface area contributed by atoms with E-state index in [9.17, 15) is 14.0 Å². The van der Waals surface area contributed by atoms with Crippen molar-refractivity contribution >= 4 is 28.3 Å². The molecular weight excluding hydrogens is 351 g/mol. The Bertz CT molecular complexity index is 1070. The van der Waals surface area contributed by atoms with Crippen molar-refractivity contribution in [1.82, 2.24) is 19.3 Å². The Kier molecular flexibility index (Phi) is 4.35. The summed E-state index contributed by atoms with van der Waals surface area (Å²) in [5.74, 6) is -0.842. The number of carbonyl (C=O) groups is 1. The minimum atomic E-state index is -0.430. The second kappa shape index (κ2) is 6.82. The number of fused-ring (bicyclic) bond motifs is 1. The Balaban J connectivity index is 1.53. The number of amides is 1. The van der Waals surface area contributed by atoms with Gasteiger partial charge in [0.25, 0.3) is 5.56 Å². The monoisotopic (exact) mass is 370 g/mol. The van der Waals surface area contributed by atoms with Crippen molar-refractivity contribution in [3.63, 3.8) is 0 Å². The number of rotatable bonds is 4. The van der Waals surface area contributed by atoms with Crippen LogP contribution in [-0.2, 0) is 18.4 Å². The fourth-order valence-corrected chi connectivity index (χ4v) is 3.34. The van der Waals surface area contributed by atoms with Gasteiger partial charge in [-0.25, -0.2) is 9.37 Å². The molecule has 3 heterocycles. The number of nitrogens with one attached hydrogen (secondary N) is 1. The fraction of sp³-hybridized carbons (Fsp3) is 0.333. The molecule has 27 heavy (non-hydrogen) atoms. The molecule has 9 heteroatoms. The number of aryl methyl sites for hydroxylation is 1. The summed E-state index contributed by atoms with van der Waals surface area (Å²) in [6.07, 6.45) is 4.89. The minimum Gasteiger partial charge on any atom is -0.371 e. The quantitative estimate of drug-likeness (QED) is 0.752. The summed E-state index contributed by atoms with van der Waals surface area (Å²) in [5.41, 5.74) is 1.22. The Hall–Kier alpha value is -3.23. The molecule has 0 spiro atoms. The zero-order chi connectivity index (χ0) is 19.0. The first-order valence-electron chi connectivity index (χ1n) is 8.74. The highest BCUT2D eigenvalue weighted by molar-refractivity contribution is 5.91. The van der Waals surface area contributed by atoms with Crippen LogP contribution in [0.4, 0.5) is 15.8 Å². The zero-order valence-electron chi connectivity index (χ0n) is 14.9. The van der Waals surface area contributed by atoms with E-state index in [4.69, 9.17) is 0 Å². The van der Waals surface area contributed by atoms with E-state index >= 15 is 0 Å². The second-order valence-corrected chi connectivity index (χ2v) is 6.62. The van der Waals surface area contributed by atoms with Crippen LogP contribution in [0.3, 0.4) is 0 Å². The first-order chi connectivity index (χ1) is 13.0. The number of aromatic nitrogens is 4. The normalized spacial score (nSPS) is 14.1. The van der Waals surface area contributed by atoms with Crippen LogP contribution in [0.5, 0.6) is 0 Å². The molecule has 0 radical (unpaired) electrons. The van der Waals surface area contributed by atoms with Crippen molar-refractivity contribution in [3.8, 4) is 0 Å². The Morgan fingerprint density at radius 2 is 2.04 bits per heavy atom. The van der Waals surface area contributed by atoms with Crippen LogP contribution in [0.2, 0.25) is 0 Å². The molecule has 140 valence electrons. The van der Waals surface area contributed by atoms with E-state index in [1.165, 1.54) is 33.9 Å². The lowest BCUT2D eigenvalue weighted by atomic mass is 10.2. The van der Waals surface area contributed by atoms with Crippen molar-refractivity contribution in [2.24, 2.45) is 7.05 Å². The highest BCUT2D eigenvalue weighted by Gasteiger charge is 2.15. The number of hydrogen-bond donors (Lipinski definition) is 1. The third-order valence-corrected chi connectivity index (χ3v) is 4.67. The molecule has 1 aliphatic heterocycles. The summed E-state index contributed by atoms with van der Waals surface area (Å²) >= 11 is 0. The Morgan fingerprint density at radius 3 is 2.81 bits per heavy atom. The van der Waals surface area contributed by atoms with Gasteiger partial charge in [0.15, 0.2) is 5.65 Å². The lowest BCUT2D eigenvalue weighted by Gasteiger charge is -2.19. The zero-order valence-corrected chi connectivity index (χ0v) is 14.9. The van der Waals surface area contributed by atoms with Gasteiger partial charge in [0.1, 0.15) is 24.1 Å². The van der Waals surface area contributed by atoms with Crippen LogP contribution < -0.4 is 15.8 Å². The number of nitrogens with zero attached hydrogens (tertiary/aromatic N) is 5. The Morgan fingerprint density at radius 1 is 1.26 bits per heavy atom. The standard InChI is InChI=1S/C18H19FN6O2/c1-23-17-15(9-21-23)18(27)25(11-20-17)10-16(26)22-13-6-12(19)7-14(8-13)24-4-2-3-5-24/h6-9,11H,2-5,10H2,1H3,(H,22,26). The van der Waals surface area contributed by atoms with E-state index in [1.54, 1.807) is 13.1 Å². The summed E-state index contributed by atoms with van der Waals surface area (Å²) in [6, 6.07) is 4.48.